The van der Waals surface area contributed by atoms with Crippen molar-refractivity contribution in [2.45, 2.75) is 81.4 Å². The van der Waals surface area contributed by atoms with Crippen molar-refractivity contribution in [3.05, 3.63) is 46.8 Å². The quantitative estimate of drug-likeness (QED) is 0.232. The van der Waals surface area contributed by atoms with Gasteiger partial charge in [0, 0.05) is 54.7 Å². The number of aliphatic hydroxyl groups is 3. The van der Waals surface area contributed by atoms with E-state index in [4.69, 9.17) is 26.0 Å². The van der Waals surface area contributed by atoms with Gasteiger partial charge in [-0.05, 0) is 69.4 Å². The summed E-state index contributed by atoms with van der Waals surface area (Å²) in [6, 6.07) is 1.19. The van der Waals surface area contributed by atoms with Gasteiger partial charge in [0.15, 0.2) is 12.0 Å². The van der Waals surface area contributed by atoms with Crippen molar-refractivity contribution >= 4 is 23.3 Å². The van der Waals surface area contributed by atoms with Gasteiger partial charge in [-0.15, -0.1) is 5.10 Å². The van der Waals surface area contributed by atoms with E-state index in [1.54, 1.807) is 0 Å². The summed E-state index contributed by atoms with van der Waals surface area (Å²) < 4.78 is 27.1. The lowest BCUT2D eigenvalue weighted by molar-refractivity contribution is -0.132. The van der Waals surface area contributed by atoms with Crippen LogP contribution in [0.25, 0.3) is 0 Å². The van der Waals surface area contributed by atoms with Crippen LogP contribution in [-0.4, -0.2) is 128 Å². The summed E-state index contributed by atoms with van der Waals surface area (Å²) in [5, 5.41) is 41.1. The van der Waals surface area contributed by atoms with Crippen molar-refractivity contribution in [1.82, 2.24) is 19.7 Å². The third-order valence-corrected chi connectivity index (χ3v) is 12.2. The van der Waals surface area contributed by atoms with Crippen molar-refractivity contribution in [3.8, 4) is 5.75 Å². The highest BCUT2D eigenvalue weighted by atomic mass is 19.1. The standard InChI is InChI=1S/C19H21FN2O4.C10H17N.C8H12N4O5/c1-10-9-26-18-15-11(10)7-13(19(24)25)17(23)12(15)8-14(20)16(18)22-5-3-21(2)4-6-22;11-10-4-7-1-8(5-10)3-9(2-7)6-10;9-6(16)7-10-2-12(11-7)8-5(15)4(14)3(1-13)17-8/h7-8,10-11H,3-6,9H2,1-2H3,(H,24,25);7-9H,1-6,11H2;2-5,8,13-15H,1H2,(H2,9,16)/t10-,11?;;3-,4-,5-,8-/m0.1/s1. The van der Waals surface area contributed by atoms with Gasteiger partial charge in [-0.1, -0.05) is 13.0 Å². The van der Waals surface area contributed by atoms with E-state index in [2.05, 4.69) is 15.0 Å². The van der Waals surface area contributed by atoms with Crippen LogP contribution in [0.4, 0.5) is 10.1 Å². The molecule has 294 valence electrons. The fourth-order valence-corrected chi connectivity index (χ4v) is 9.83. The van der Waals surface area contributed by atoms with Gasteiger partial charge in [-0.2, -0.15) is 0 Å². The normalized spacial score (nSPS) is 34.9. The maximum atomic E-state index is 15.0. The number of primary amides is 1. The van der Waals surface area contributed by atoms with Crippen molar-refractivity contribution in [1.29, 1.82) is 0 Å². The number of piperazine rings is 1. The molecule has 3 aliphatic heterocycles. The van der Waals surface area contributed by atoms with Crippen LogP contribution in [0.3, 0.4) is 0 Å². The number of rotatable bonds is 5. The maximum absolute atomic E-state index is 15.0. The molecule has 0 spiro atoms. The zero-order chi connectivity index (χ0) is 38.6. The molecule has 1 aromatic carbocycles. The van der Waals surface area contributed by atoms with Gasteiger partial charge in [0.25, 0.3) is 5.91 Å². The largest absolute Gasteiger partial charge is 0.491 e. The van der Waals surface area contributed by atoms with Gasteiger partial charge in [0.2, 0.25) is 11.6 Å². The Bertz CT molecular complexity index is 1780. The number of aliphatic hydroxyl groups excluding tert-OH is 3. The van der Waals surface area contributed by atoms with Crippen molar-refractivity contribution in [3.63, 3.8) is 0 Å². The predicted octanol–water partition coefficient (Wildman–Crippen LogP) is 0.799. The number of aliphatic carboxylic acids is 1. The molecule has 4 saturated carbocycles. The molecular weight excluding hydrogens is 705 g/mol. The SMILES string of the molecule is C[C@H]1COc2c3c(cc(F)c2N2CCN(C)CC2)C(=O)C(C(=O)O)=CC31.NC(=O)c1ncn([C@@H]2O[C@H](CO)[C@@H](O)[C@H]2O)n1.NC12CC3CC(CC(C3)C1)C2. The number of amides is 1. The lowest BCUT2D eigenvalue weighted by Gasteiger charge is -2.55. The van der Waals surface area contributed by atoms with E-state index < -0.39 is 54.6 Å². The number of carboxylic acid groups (broad SMARTS) is 1. The first-order chi connectivity index (χ1) is 25.7. The molecule has 10 rings (SSSR count). The zero-order valence-electron chi connectivity index (χ0n) is 30.5. The number of likely N-dealkylation sites (N-methyl/N-ethyl adjacent to an activating group) is 1. The van der Waals surface area contributed by atoms with E-state index in [0.717, 1.165) is 41.9 Å². The van der Waals surface area contributed by atoms with Crippen molar-refractivity contribution in [2.75, 3.05) is 51.3 Å². The number of hydrogen-bond donors (Lipinski definition) is 6. The monoisotopic (exact) mass is 755 g/mol. The summed E-state index contributed by atoms with van der Waals surface area (Å²) in [6.07, 6.45) is 6.82. The summed E-state index contributed by atoms with van der Waals surface area (Å²) in [5.41, 5.74) is 12.5. The second-order valence-corrected chi connectivity index (χ2v) is 16.2. The van der Waals surface area contributed by atoms with Gasteiger partial charge in [-0.25, -0.2) is 18.9 Å². The first kappa shape index (κ1) is 38.3. The number of carbonyl (C=O) groups is 3. The molecule has 5 aliphatic carbocycles. The Balaban J connectivity index is 0.000000137. The molecule has 4 bridgehead atoms. The molecule has 2 aromatic rings. The first-order valence-electron chi connectivity index (χ1n) is 18.7. The van der Waals surface area contributed by atoms with Crippen LogP contribution in [-0.2, 0) is 9.53 Å². The molecule has 6 fully saturated rings. The van der Waals surface area contributed by atoms with Gasteiger partial charge < -0.3 is 51.2 Å². The average molecular weight is 756 g/mol. The number of nitrogens with zero attached hydrogens (tertiary/aromatic N) is 5. The average Bonchev–Trinajstić information content (AvgIpc) is 3.71. The third-order valence-electron chi connectivity index (χ3n) is 12.2. The topological polar surface area (TPSA) is 240 Å². The van der Waals surface area contributed by atoms with E-state index in [1.807, 2.05) is 18.9 Å². The molecule has 1 amide bonds. The Hall–Kier alpha value is -4.00. The first-order valence-corrected chi connectivity index (χ1v) is 18.7. The Morgan fingerprint density at radius 2 is 1.69 bits per heavy atom. The molecule has 0 radical (unpaired) electrons. The zero-order valence-corrected chi connectivity index (χ0v) is 30.5. The molecule has 8 N–H and O–H groups in total. The molecule has 17 heteroatoms. The van der Waals surface area contributed by atoms with Crippen LogP contribution in [0.1, 0.15) is 84.1 Å². The van der Waals surface area contributed by atoms with Crippen LogP contribution in [0.5, 0.6) is 5.75 Å². The smallest absolute Gasteiger partial charge is 0.339 e. The van der Waals surface area contributed by atoms with Crippen LogP contribution < -0.4 is 21.1 Å². The number of ketones is 1. The number of halogens is 1. The fourth-order valence-electron chi connectivity index (χ4n) is 9.83. The molecule has 6 atom stereocenters. The number of Topliss-reactive ketones (excluding diaryl/α,β-unsaturated/α-hetero) is 1. The molecular formula is C37H50FN7O9. The number of nitrogens with two attached hydrogens (primary N) is 2. The third kappa shape index (κ3) is 7.24. The molecule has 8 aliphatic rings. The second kappa shape index (κ2) is 14.9. The highest BCUT2D eigenvalue weighted by Gasteiger charge is 2.49. The summed E-state index contributed by atoms with van der Waals surface area (Å²) in [6.45, 7) is 4.85. The number of anilines is 1. The van der Waals surface area contributed by atoms with E-state index in [-0.39, 0.29) is 28.8 Å². The van der Waals surface area contributed by atoms with Gasteiger partial charge in [0.1, 0.15) is 41.6 Å². The summed E-state index contributed by atoms with van der Waals surface area (Å²) >= 11 is 0. The lowest BCUT2D eigenvalue weighted by Crippen LogP contribution is -2.55. The second-order valence-electron chi connectivity index (χ2n) is 16.2. The number of allylic oxidation sites excluding steroid dienone is 1. The Labute approximate surface area is 311 Å². The maximum Gasteiger partial charge on any atom is 0.339 e. The van der Waals surface area contributed by atoms with E-state index in [9.17, 15) is 29.7 Å². The minimum Gasteiger partial charge on any atom is -0.491 e. The number of carboxylic acids is 1. The highest BCUT2D eigenvalue weighted by molar-refractivity contribution is 6.25. The fraction of sp³-hybridized carbons (Fsp3) is 0.649. The number of hydrogen-bond acceptors (Lipinski definition) is 13. The Morgan fingerprint density at radius 1 is 1.06 bits per heavy atom. The van der Waals surface area contributed by atoms with Crippen LogP contribution in [0, 0.1) is 29.5 Å². The molecule has 1 unspecified atom stereocenters. The molecule has 4 heterocycles. The minimum atomic E-state index is -1.27. The van der Waals surface area contributed by atoms with Gasteiger partial charge >= 0.3 is 5.97 Å². The lowest BCUT2D eigenvalue weighted by atomic mass is 9.53. The summed E-state index contributed by atoms with van der Waals surface area (Å²) in [7, 11) is 2.02. The van der Waals surface area contributed by atoms with Crippen molar-refractivity contribution < 1.29 is 48.7 Å². The number of carbonyl (C=O) groups excluding carboxylic acids is 2. The Morgan fingerprint density at radius 3 is 2.20 bits per heavy atom. The number of aromatic nitrogens is 3. The summed E-state index contributed by atoms with van der Waals surface area (Å²) in [4.78, 5) is 42.6. The van der Waals surface area contributed by atoms with E-state index in [0.29, 0.717) is 42.2 Å². The number of benzene rings is 1. The van der Waals surface area contributed by atoms with Crippen LogP contribution in [0.15, 0.2) is 24.0 Å². The molecule has 1 aromatic heterocycles. The van der Waals surface area contributed by atoms with Crippen molar-refractivity contribution in [2.24, 2.45) is 35.1 Å². The van der Waals surface area contributed by atoms with E-state index >= 15 is 4.39 Å². The summed E-state index contributed by atoms with van der Waals surface area (Å²) in [5.74, 6) is -0.268. The molecule has 2 saturated heterocycles. The highest BCUT2D eigenvalue weighted by Crippen LogP contribution is 2.54. The van der Waals surface area contributed by atoms with Crippen LogP contribution in [0.2, 0.25) is 0 Å². The molecule has 16 nitrogen and oxygen atoms in total. The van der Waals surface area contributed by atoms with Gasteiger partial charge in [-0.3, -0.25) is 9.59 Å². The Kier molecular flexibility index (Phi) is 10.6. The molecule has 54 heavy (non-hydrogen) atoms. The van der Waals surface area contributed by atoms with Crippen LogP contribution >= 0.6 is 0 Å². The van der Waals surface area contributed by atoms with E-state index in [1.165, 1.54) is 50.7 Å². The predicted molar refractivity (Wildman–Crippen MR) is 190 cm³/mol. The number of ether oxygens (including phenoxy) is 2. The van der Waals surface area contributed by atoms with Gasteiger partial charge in [0.05, 0.1) is 13.2 Å². The minimum absolute atomic E-state index is 0.00880.